The van der Waals surface area contributed by atoms with Crippen molar-refractivity contribution in [3.63, 3.8) is 0 Å². The molecule has 0 saturated heterocycles. The number of aromatic nitrogens is 1. The molecule has 0 aliphatic rings. The van der Waals surface area contributed by atoms with Crippen molar-refractivity contribution < 1.29 is 9.21 Å². The first-order valence-electron chi connectivity index (χ1n) is 4.68. The lowest BCUT2D eigenvalue weighted by atomic mass is 10.1. The van der Waals surface area contributed by atoms with E-state index in [-0.39, 0.29) is 5.78 Å². The summed E-state index contributed by atoms with van der Waals surface area (Å²) in [6, 6.07) is 3.59. The van der Waals surface area contributed by atoms with Crippen LogP contribution >= 0.6 is 0 Å². The number of furan rings is 1. The SMILES string of the molecule is Cc1cnc(C(=O)c2ccoc2)c(C)c1. The Morgan fingerprint density at radius 2 is 2.20 bits per heavy atom. The summed E-state index contributed by atoms with van der Waals surface area (Å²) in [6.07, 6.45) is 4.61. The second kappa shape index (κ2) is 3.69. The van der Waals surface area contributed by atoms with Gasteiger partial charge in [-0.05, 0) is 31.0 Å². The van der Waals surface area contributed by atoms with Gasteiger partial charge in [-0.3, -0.25) is 9.78 Å². The summed E-state index contributed by atoms with van der Waals surface area (Å²) in [5.74, 6) is -0.0961. The molecule has 3 nitrogen and oxygen atoms in total. The maximum atomic E-state index is 11.9. The molecule has 2 heterocycles. The lowest BCUT2D eigenvalue weighted by molar-refractivity contribution is 0.103. The minimum Gasteiger partial charge on any atom is -0.472 e. The van der Waals surface area contributed by atoms with E-state index in [1.165, 1.54) is 12.5 Å². The number of pyridine rings is 1. The van der Waals surface area contributed by atoms with Gasteiger partial charge in [0.05, 0.1) is 11.8 Å². The van der Waals surface area contributed by atoms with Crippen LogP contribution in [-0.2, 0) is 0 Å². The van der Waals surface area contributed by atoms with Gasteiger partial charge in [0, 0.05) is 6.20 Å². The van der Waals surface area contributed by atoms with Crippen molar-refractivity contribution >= 4 is 5.78 Å². The Labute approximate surface area is 87.8 Å². The van der Waals surface area contributed by atoms with Crippen LogP contribution in [0.5, 0.6) is 0 Å². The fraction of sp³-hybridized carbons (Fsp3) is 0.167. The highest BCUT2D eigenvalue weighted by molar-refractivity contribution is 6.08. The number of aryl methyl sites for hydroxylation is 2. The van der Waals surface area contributed by atoms with Crippen molar-refractivity contribution in [2.45, 2.75) is 13.8 Å². The molecular weight excluding hydrogens is 190 g/mol. The van der Waals surface area contributed by atoms with Gasteiger partial charge in [0.2, 0.25) is 5.78 Å². The average Bonchev–Trinajstić information content (AvgIpc) is 2.69. The van der Waals surface area contributed by atoms with E-state index >= 15 is 0 Å². The monoisotopic (exact) mass is 201 g/mol. The molecule has 0 atom stereocenters. The summed E-state index contributed by atoms with van der Waals surface area (Å²) < 4.78 is 4.87. The fourth-order valence-corrected chi connectivity index (χ4v) is 1.48. The second-order valence-electron chi connectivity index (χ2n) is 3.52. The van der Waals surface area contributed by atoms with E-state index in [4.69, 9.17) is 4.42 Å². The lowest BCUT2D eigenvalue weighted by Gasteiger charge is -2.02. The van der Waals surface area contributed by atoms with Crippen LogP contribution in [0.4, 0.5) is 0 Å². The zero-order chi connectivity index (χ0) is 10.8. The van der Waals surface area contributed by atoms with E-state index in [0.717, 1.165) is 11.1 Å². The van der Waals surface area contributed by atoms with Crippen LogP contribution in [0.25, 0.3) is 0 Å². The van der Waals surface area contributed by atoms with Crippen LogP contribution in [0, 0.1) is 13.8 Å². The van der Waals surface area contributed by atoms with E-state index in [9.17, 15) is 4.79 Å². The van der Waals surface area contributed by atoms with E-state index in [2.05, 4.69) is 4.98 Å². The van der Waals surface area contributed by atoms with E-state index < -0.39 is 0 Å². The van der Waals surface area contributed by atoms with E-state index in [1.807, 2.05) is 19.9 Å². The number of rotatable bonds is 2. The third kappa shape index (κ3) is 1.81. The molecule has 0 N–H and O–H groups in total. The molecule has 0 amide bonds. The van der Waals surface area contributed by atoms with Gasteiger partial charge in [-0.2, -0.15) is 0 Å². The van der Waals surface area contributed by atoms with Crippen LogP contribution in [0.3, 0.4) is 0 Å². The molecule has 0 saturated carbocycles. The van der Waals surface area contributed by atoms with E-state index in [1.54, 1.807) is 12.3 Å². The summed E-state index contributed by atoms with van der Waals surface area (Å²) in [7, 11) is 0. The van der Waals surface area contributed by atoms with Crippen molar-refractivity contribution in [3.8, 4) is 0 Å². The highest BCUT2D eigenvalue weighted by Crippen LogP contribution is 2.13. The summed E-state index contributed by atoms with van der Waals surface area (Å²) >= 11 is 0. The van der Waals surface area contributed by atoms with Gasteiger partial charge in [0.15, 0.2) is 0 Å². The van der Waals surface area contributed by atoms with Gasteiger partial charge < -0.3 is 4.42 Å². The first-order valence-corrected chi connectivity index (χ1v) is 4.68. The van der Waals surface area contributed by atoms with Crippen molar-refractivity contribution in [1.29, 1.82) is 0 Å². The fourth-order valence-electron chi connectivity index (χ4n) is 1.48. The Kier molecular flexibility index (Phi) is 2.37. The minimum absolute atomic E-state index is 0.0961. The topological polar surface area (TPSA) is 43.1 Å². The second-order valence-corrected chi connectivity index (χ2v) is 3.52. The number of nitrogens with zero attached hydrogens (tertiary/aromatic N) is 1. The number of hydrogen-bond donors (Lipinski definition) is 0. The Bertz CT molecular complexity index is 486. The molecule has 76 valence electrons. The molecule has 0 aliphatic heterocycles. The molecule has 15 heavy (non-hydrogen) atoms. The molecule has 0 fully saturated rings. The van der Waals surface area contributed by atoms with Crippen molar-refractivity contribution in [3.05, 3.63) is 53.2 Å². The van der Waals surface area contributed by atoms with Crippen LogP contribution in [0.15, 0.2) is 35.3 Å². The van der Waals surface area contributed by atoms with E-state index in [0.29, 0.717) is 11.3 Å². The highest BCUT2D eigenvalue weighted by Gasteiger charge is 2.13. The van der Waals surface area contributed by atoms with Crippen molar-refractivity contribution in [2.24, 2.45) is 0 Å². The third-order valence-electron chi connectivity index (χ3n) is 2.21. The summed E-state index contributed by atoms with van der Waals surface area (Å²) in [4.78, 5) is 16.1. The maximum absolute atomic E-state index is 11.9. The molecular formula is C12H11NO2. The smallest absolute Gasteiger partial charge is 0.214 e. The Morgan fingerprint density at radius 1 is 1.40 bits per heavy atom. The Morgan fingerprint density at radius 3 is 2.80 bits per heavy atom. The zero-order valence-electron chi connectivity index (χ0n) is 8.65. The van der Waals surface area contributed by atoms with Crippen LogP contribution < -0.4 is 0 Å². The highest BCUT2D eigenvalue weighted by atomic mass is 16.3. The largest absolute Gasteiger partial charge is 0.472 e. The van der Waals surface area contributed by atoms with Gasteiger partial charge in [0.1, 0.15) is 12.0 Å². The van der Waals surface area contributed by atoms with Gasteiger partial charge in [-0.15, -0.1) is 0 Å². The van der Waals surface area contributed by atoms with Gasteiger partial charge in [-0.25, -0.2) is 0 Å². The Hall–Kier alpha value is -1.90. The number of hydrogen-bond acceptors (Lipinski definition) is 3. The number of carbonyl (C=O) groups is 1. The first-order chi connectivity index (χ1) is 7.18. The van der Waals surface area contributed by atoms with Gasteiger partial charge >= 0.3 is 0 Å². The molecule has 2 rings (SSSR count). The van der Waals surface area contributed by atoms with Crippen molar-refractivity contribution in [1.82, 2.24) is 4.98 Å². The molecule has 3 heteroatoms. The molecule has 0 spiro atoms. The molecule has 2 aromatic heterocycles. The minimum atomic E-state index is -0.0961. The van der Waals surface area contributed by atoms with Gasteiger partial charge in [0.25, 0.3) is 0 Å². The predicted molar refractivity (Wildman–Crippen MR) is 55.9 cm³/mol. The molecule has 2 aromatic rings. The summed E-state index contributed by atoms with van der Waals surface area (Å²) in [5.41, 5.74) is 2.97. The summed E-state index contributed by atoms with van der Waals surface area (Å²) in [6.45, 7) is 3.83. The van der Waals surface area contributed by atoms with Crippen LogP contribution in [0.2, 0.25) is 0 Å². The van der Waals surface area contributed by atoms with Crippen molar-refractivity contribution in [2.75, 3.05) is 0 Å². The number of carbonyl (C=O) groups excluding carboxylic acids is 1. The maximum Gasteiger partial charge on any atom is 0.214 e. The molecule has 0 aromatic carbocycles. The van der Waals surface area contributed by atoms with Gasteiger partial charge in [-0.1, -0.05) is 6.07 Å². The molecule has 0 bridgehead atoms. The molecule has 0 radical (unpaired) electrons. The lowest BCUT2D eigenvalue weighted by Crippen LogP contribution is -2.05. The summed E-state index contributed by atoms with van der Waals surface area (Å²) in [5, 5.41) is 0. The molecule has 0 aliphatic carbocycles. The third-order valence-corrected chi connectivity index (χ3v) is 2.21. The standard InChI is InChI=1S/C12H11NO2/c1-8-5-9(2)11(13-6-8)12(14)10-3-4-15-7-10/h3-7H,1-2H3. The molecule has 0 unspecified atom stereocenters. The zero-order valence-corrected chi connectivity index (χ0v) is 8.65. The van der Waals surface area contributed by atoms with Crippen LogP contribution in [-0.4, -0.2) is 10.8 Å². The normalized spacial score (nSPS) is 10.3. The van der Waals surface area contributed by atoms with Crippen LogP contribution in [0.1, 0.15) is 27.2 Å². The first kappa shape index (κ1) is 9.65. The quantitative estimate of drug-likeness (QED) is 0.701. The predicted octanol–water partition coefficient (Wildman–Crippen LogP) is 2.52. The number of ketones is 1. The average molecular weight is 201 g/mol. The Balaban J connectivity index is 2.42.